The van der Waals surface area contributed by atoms with E-state index in [1.54, 1.807) is 17.5 Å². The van der Waals surface area contributed by atoms with Gasteiger partial charge in [-0.2, -0.15) is 5.26 Å². The van der Waals surface area contributed by atoms with Crippen molar-refractivity contribution >= 4 is 27.8 Å². The first-order chi connectivity index (χ1) is 14.6. The van der Waals surface area contributed by atoms with E-state index in [2.05, 4.69) is 22.0 Å². The summed E-state index contributed by atoms with van der Waals surface area (Å²) in [6, 6.07) is 10.1. The van der Waals surface area contributed by atoms with Gasteiger partial charge in [-0.3, -0.25) is 4.99 Å². The molecule has 0 unspecified atom stereocenters. The highest BCUT2D eigenvalue weighted by Crippen LogP contribution is 2.41. The van der Waals surface area contributed by atoms with Crippen LogP contribution in [0, 0.1) is 11.3 Å². The predicted octanol–water partition coefficient (Wildman–Crippen LogP) is 3.70. The predicted molar refractivity (Wildman–Crippen MR) is 125 cm³/mol. The topological polar surface area (TPSA) is 104 Å². The zero-order valence-electron chi connectivity index (χ0n) is 17.1. The van der Waals surface area contributed by atoms with Gasteiger partial charge in [0.2, 0.25) is 0 Å². The van der Waals surface area contributed by atoms with Gasteiger partial charge in [-0.15, -0.1) is 0 Å². The molecule has 1 fully saturated rings. The Kier molecular flexibility index (Phi) is 5.98. The molecule has 2 heterocycles. The van der Waals surface area contributed by atoms with E-state index in [9.17, 15) is 0 Å². The number of aliphatic imine (C=N–C) groups is 1. The first kappa shape index (κ1) is 20.3. The summed E-state index contributed by atoms with van der Waals surface area (Å²) >= 11 is 1.73. The van der Waals surface area contributed by atoms with Gasteiger partial charge in [-0.25, -0.2) is 4.98 Å². The molecule has 4 N–H and O–H groups in total. The minimum atomic E-state index is 0.281. The Labute approximate surface area is 181 Å². The molecule has 1 saturated heterocycles. The molecule has 4 rings (SSSR count). The number of aromatic nitrogens is 1. The number of nitrogens with two attached hydrogens (primary N) is 2. The minimum Gasteiger partial charge on any atom is -0.404 e. The molecule has 7 heteroatoms. The Morgan fingerprint density at radius 2 is 1.97 bits per heavy atom. The van der Waals surface area contributed by atoms with E-state index < -0.39 is 0 Å². The van der Waals surface area contributed by atoms with Crippen molar-refractivity contribution in [2.24, 2.45) is 16.5 Å². The highest BCUT2D eigenvalue weighted by Gasteiger charge is 2.25. The Bertz CT molecular complexity index is 1050. The highest BCUT2D eigenvalue weighted by molar-refractivity contribution is 7.17. The molecule has 6 nitrogen and oxygen atoms in total. The number of rotatable bonds is 3. The van der Waals surface area contributed by atoms with E-state index in [4.69, 9.17) is 21.7 Å². The monoisotopic (exact) mass is 418 g/mol. The van der Waals surface area contributed by atoms with Crippen molar-refractivity contribution in [3.63, 3.8) is 0 Å². The maximum Gasteiger partial charge on any atom is 0.186 e. The second-order valence-corrected chi connectivity index (χ2v) is 8.63. The van der Waals surface area contributed by atoms with Gasteiger partial charge in [0, 0.05) is 49.2 Å². The van der Waals surface area contributed by atoms with Crippen molar-refractivity contribution in [3.8, 4) is 17.3 Å². The normalized spacial score (nSPS) is 20.4. The molecule has 1 aliphatic carbocycles. The zero-order valence-corrected chi connectivity index (χ0v) is 18.0. The first-order valence-corrected chi connectivity index (χ1v) is 11.1. The molecule has 0 spiro atoms. The summed E-state index contributed by atoms with van der Waals surface area (Å²) in [6.07, 6.45) is 7.52. The fourth-order valence-corrected chi connectivity index (χ4v) is 5.14. The summed E-state index contributed by atoms with van der Waals surface area (Å²) < 4.78 is 0. The van der Waals surface area contributed by atoms with Crippen molar-refractivity contribution < 1.29 is 0 Å². The number of nitriles is 1. The molecule has 0 atom stereocenters. The second kappa shape index (κ2) is 8.82. The van der Waals surface area contributed by atoms with Crippen molar-refractivity contribution in [2.75, 3.05) is 25.0 Å². The van der Waals surface area contributed by atoms with E-state index in [1.165, 1.54) is 10.5 Å². The summed E-state index contributed by atoms with van der Waals surface area (Å²) in [5.74, 6) is 0. The van der Waals surface area contributed by atoms with Crippen molar-refractivity contribution in [1.29, 1.82) is 5.26 Å². The Morgan fingerprint density at radius 3 is 2.60 bits per heavy atom. The summed E-state index contributed by atoms with van der Waals surface area (Å²) in [6.45, 7) is 1.86. The van der Waals surface area contributed by atoms with Crippen LogP contribution in [0.3, 0.4) is 0 Å². The molecule has 1 aromatic carbocycles. The summed E-state index contributed by atoms with van der Waals surface area (Å²) in [5.41, 5.74) is 17.9. The molecule has 0 bridgehead atoms. The van der Waals surface area contributed by atoms with Gasteiger partial charge in [0.1, 0.15) is 0 Å². The quantitative estimate of drug-likeness (QED) is 0.791. The lowest BCUT2D eigenvalue weighted by Crippen LogP contribution is -2.39. The average molecular weight is 419 g/mol. The van der Waals surface area contributed by atoms with Crippen LogP contribution in [0.5, 0.6) is 0 Å². The standard InChI is InChI=1S/C23H26N6S/c1-27-20-7-6-17(12-18(20)14-25)22-21(16-4-2-15(13-24)3-5-16)28-23(30-22)29-10-8-19(26)9-11-29/h2-5,12,14,19H,6-11,25-26H2,1H3. The molecule has 30 heavy (non-hydrogen) atoms. The minimum absolute atomic E-state index is 0.281. The van der Waals surface area contributed by atoms with Gasteiger partial charge >= 0.3 is 0 Å². The van der Waals surface area contributed by atoms with E-state index in [0.717, 1.165) is 66.4 Å². The number of anilines is 1. The zero-order chi connectivity index (χ0) is 21.1. The molecule has 0 amide bonds. The largest absolute Gasteiger partial charge is 0.404 e. The van der Waals surface area contributed by atoms with Crippen LogP contribution < -0.4 is 16.4 Å². The number of hydrogen-bond donors (Lipinski definition) is 2. The van der Waals surface area contributed by atoms with Gasteiger partial charge in [0.15, 0.2) is 5.13 Å². The van der Waals surface area contributed by atoms with Gasteiger partial charge in [0.25, 0.3) is 0 Å². The third kappa shape index (κ3) is 4.02. The molecular formula is C23H26N6S. The average Bonchev–Trinajstić information content (AvgIpc) is 3.24. The Balaban J connectivity index is 1.77. The van der Waals surface area contributed by atoms with Crippen LogP contribution in [-0.4, -0.2) is 36.9 Å². The molecule has 2 aliphatic rings. The Hall–Kier alpha value is -2.95. The smallest absolute Gasteiger partial charge is 0.186 e. The lowest BCUT2D eigenvalue weighted by atomic mass is 9.91. The number of thiazole rings is 1. The lowest BCUT2D eigenvalue weighted by molar-refractivity contribution is 0.501. The van der Waals surface area contributed by atoms with Crippen LogP contribution in [0.25, 0.3) is 16.8 Å². The number of benzene rings is 1. The molecule has 0 saturated carbocycles. The third-order valence-corrected chi connectivity index (χ3v) is 6.94. The highest BCUT2D eigenvalue weighted by atomic mass is 32.1. The number of nitrogens with zero attached hydrogens (tertiary/aromatic N) is 4. The van der Waals surface area contributed by atoms with Crippen LogP contribution in [0.2, 0.25) is 0 Å². The van der Waals surface area contributed by atoms with E-state index >= 15 is 0 Å². The maximum atomic E-state index is 9.14. The van der Waals surface area contributed by atoms with Crippen molar-refractivity contribution in [2.45, 2.75) is 31.7 Å². The third-order valence-electron chi connectivity index (χ3n) is 5.75. The lowest BCUT2D eigenvalue weighted by Gasteiger charge is -2.29. The summed E-state index contributed by atoms with van der Waals surface area (Å²) in [5, 5.41) is 10.2. The van der Waals surface area contributed by atoms with Gasteiger partial charge in [-0.1, -0.05) is 23.5 Å². The molecule has 1 aromatic heterocycles. The number of allylic oxidation sites excluding steroid dienone is 3. The van der Waals surface area contributed by atoms with Gasteiger partial charge in [-0.05, 0) is 49.5 Å². The van der Waals surface area contributed by atoms with Gasteiger partial charge < -0.3 is 16.4 Å². The SMILES string of the molecule is CN=C1CCC(c2sc(N3CCC(N)CC3)nc2-c2ccc(C#N)cc2)=CC1=CN. The van der Waals surface area contributed by atoms with E-state index in [-0.39, 0.29) is 6.04 Å². The number of hydrogen-bond acceptors (Lipinski definition) is 7. The van der Waals surface area contributed by atoms with Crippen LogP contribution in [0.1, 0.15) is 36.1 Å². The van der Waals surface area contributed by atoms with E-state index in [1.807, 2.05) is 31.3 Å². The molecular weight excluding hydrogens is 392 g/mol. The fourth-order valence-electron chi connectivity index (χ4n) is 3.96. The fraction of sp³-hybridized carbons (Fsp3) is 0.348. The van der Waals surface area contributed by atoms with Crippen LogP contribution >= 0.6 is 11.3 Å². The first-order valence-electron chi connectivity index (χ1n) is 10.2. The second-order valence-electron chi connectivity index (χ2n) is 7.65. The molecule has 0 radical (unpaired) electrons. The molecule has 154 valence electrons. The van der Waals surface area contributed by atoms with Crippen LogP contribution in [0.4, 0.5) is 5.13 Å². The van der Waals surface area contributed by atoms with E-state index in [0.29, 0.717) is 5.56 Å². The van der Waals surface area contributed by atoms with Crippen LogP contribution in [0.15, 0.2) is 47.1 Å². The van der Waals surface area contributed by atoms with Crippen molar-refractivity contribution in [1.82, 2.24) is 4.98 Å². The number of piperidine rings is 1. The maximum absolute atomic E-state index is 9.14. The Morgan fingerprint density at radius 1 is 1.23 bits per heavy atom. The van der Waals surface area contributed by atoms with Crippen LogP contribution in [-0.2, 0) is 0 Å². The van der Waals surface area contributed by atoms with Crippen molar-refractivity contribution in [3.05, 3.63) is 52.6 Å². The van der Waals surface area contributed by atoms with Gasteiger partial charge in [0.05, 0.1) is 22.2 Å². The summed E-state index contributed by atoms with van der Waals surface area (Å²) in [4.78, 5) is 12.9. The molecule has 1 aliphatic heterocycles. The molecule has 2 aromatic rings. The summed E-state index contributed by atoms with van der Waals surface area (Å²) in [7, 11) is 1.81.